The zero-order chi connectivity index (χ0) is 22.5. The molecule has 0 bridgehead atoms. The Kier molecular flexibility index (Phi) is 6.17. The largest absolute Gasteiger partial charge is 0.454 e. The molecule has 0 fully saturated rings. The molecule has 1 amide bonds. The van der Waals surface area contributed by atoms with E-state index >= 15 is 0 Å². The van der Waals surface area contributed by atoms with Gasteiger partial charge in [-0.25, -0.2) is 4.79 Å². The molecular formula is C25H21NO6. The van der Waals surface area contributed by atoms with E-state index in [0.717, 1.165) is 11.1 Å². The fourth-order valence-corrected chi connectivity index (χ4v) is 3.23. The van der Waals surface area contributed by atoms with Crippen LogP contribution in [0, 0.1) is 6.92 Å². The van der Waals surface area contributed by atoms with Gasteiger partial charge >= 0.3 is 5.97 Å². The molecule has 0 saturated carbocycles. The maximum atomic E-state index is 12.9. The molecule has 0 aliphatic carbocycles. The molecule has 1 heterocycles. The van der Waals surface area contributed by atoms with Gasteiger partial charge in [-0.05, 0) is 30.7 Å². The Morgan fingerprint density at radius 2 is 1.62 bits per heavy atom. The molecule has 7 heteroatoms. The van der Waals surface area contributed by atoms with Gasteiger partial charge in [-0.15, -0.1) is 0 Å². The van der Waals surface area contributed by atoms with Crippen LogP contribution in [0.15, 0.2) is 66.7 Å². The maximum Gasteiger partial charge on any atom is 0.339 e. The Morgan fingerprint density at radius 1 is 0.906 bits per heavy atom. The standard InChI is InChI=1S/C25H21NO6/c1-16-6-9-18(10-7-16)24(28)19-4-2-3-5-20(19)25(29)30-14-23(27)26-13-17-8-11-21-22(12-17)32-15-31-21/h2-12H,13-15H2,1H3,(H,26,27). The number of nitrogens with one attached hydrogen (secondary N) is 1. The van der Waals surface area contributed by atoms with E-state index in [1.165, 1.54) is 6.07 Å². The van der Waals surface area contributed by atoms with Gasteiger partial charge in [-0.2, -0.15) is 0 Å². The lowest BCUT2D eigenvalue weighted by Crippen LogP contribution is -2.28. The second kappa shape index (κ2) is 9.34. The van der Waals surface area contributed by atoms with Crippen LogP contribution in [0.5, 0.6) is 11.5 Å². The number of aryl methyl sites for hydroxylation is 1. The molecule has 0 saturated heterocycles. The van der Waals surface area contributed by atoms with E-state index in [4.69, 9.17) is 14.2 Å². The molecule has 1 aliphatic rings. The van der Waals surface area contributed by atoms with Gasteiger partial charge in [-0.3, -0.25) is 9.59 Å². The molecule has 3 aromatic rings. The average Bonchev–Trinajstić information content (AvgIpc) is 3.29. The highest BCUT2D eigenvalue weighted by Crippen LogP contribution is 2.32. The predicted molar refractivity (Wildman–Crippen MR) is 116 cm³/mol. The number of hydrogen-bond donors (Lipinski definition) is 1. The van der Waals surface area contributed by atoms with Crippen LogP contribution in [-0.4, -0.2) is 31.1 Å². The van der Waals surface area contributed by atoms with Gasteiger partial charge in [-0.1, -0.05) is 54.1 Å². The summed E-state index contributed by atoms with van der Waals surface area (Å²) in [5, 5.41) is 2.69. The van der Waals surface area contributed by atoms with Crippen LogP contribution < -0.4 is 14.8 Å². The number of fused-ring (bicyclic) bond motifs is 1. The fraction of sp³-hybridized carbons (Fsp3) is 0.160. The molecule has 32 heavy (non-hydrogen) atoms. The van der Waals surface area contributed by atoms with Crippen LogP contribution in [0.2, 0.25) is 0 Å². The SMILES string of the molecule is Cc1ccc(C(=O)c2ccccc2C(=O)OCC(=O)NCc2ccc3c(c2)OCO3)cc1. The van der Waals surface area contributed by atoms with Crippen molar-refractivity contribution in [3.05, 3.63) is 94.5 Å². The number of amides is 1. The molecule has 162 valence electrons. The molecule has 4 rings (SSSR count). The van der Waals surface area contributed by atoms with Crippen LogP contribution in [0.25, 0.3) is 0 Å². The van der Waals surface area contributed by atoms with Crippen molar-refractivity contribution in [1.82, 2.24) is 5.32 Å². The minimum absolute atomic E-state index is 0.113. The Morgan fingerprint density at radius 3 is 2.41 bits per heavy atom. The number of esters is 1. The van der Waals surface area contributed by atoms with E-state index in [0.29, 0.717) is 17.1 Å². The first-order valence-corrected chi connectivity index (χ1v) is 10.0. The lowest BCUT2D eigenvalue weighted by molar-refractivity contribution is -0.124. The summed E-state index contributed by atoms with van der Waals surface area (Å²) in [5.41, 5.74) is 2.66. The molecule has 1 N–H and O–H groups in total. The van der Waals surface area contributed by atoms with Crippen molar-refractivity contribution < 1.29 is 28.6 Å². The summed E-state index contributed by atoms with van der Waals surface area (Å²) in [6.07, 6.45) is 0. The van der Waals surface area contributed by atoms with Gasteiger partial charge in [0.2, 0.25) is 6.79 Å². The van der Waals surface area contributed by atoms with Crippen molar-refractivity contribution in [1.29, 1.82) is 0 Å². The van der Waals surface area contributed by atoms with Gasteiger partial charge < -0.3 is 19.5 Å². The van der Waals surface area contributed by atoms with Crippen molar-refractivity contribution in [2.75, 3.05) is 13.4 Å². The first-order chi connectivity index (χ1) is 15.5. The van der Waals surface area contributed by atoms with Gasteiger partial charge in [0.15, 0.2) is 23.9 Å². The summed E-state index contributed by atoms with van der Waals surface area (Å²) >= 11 is 0. The molecule has 3 aromatic carbocycles. The van der Waals surface area contributed by atoms with E-state index < -0.39 is 18.5 Å². The summed E-state index contributed by atoms with van der Waals surface area (Å²) in [4.78, 5) is 37.6. The summed E-state index contributed by atoms with van der Waals surface area (Å²) in [5.74, 6) is -0.201. The molecule has 0 radical (unpaired) electrons. The van der Waals surface area contributed by atoms with E-state index in [9.17, 15) is 14.4 Å². The molecule has 0 atom stereocenters. The quantitative estimate of drug-likeness (QED) is 0.455. The number of hydrogen-bond acceptors (Lipinski definition) is 6. The van der Waals surface area contributed by atoms with Crippen molar-refractivity contribution in [2.24, 2.45) is 0 Å². The molecule has 0 aromatic heterocycles. The third kappa shape index (κ3) is 4.78. The predicted octanol–water partition coefficient (Wildman–Crippen LogP) is 3.43. The third-order valence-corrected chi connectivity index (χ3v) is 4.97. The molecule has 0 unspecified atom stereocenters. The van der Waals surface area contributed by atoms with E-state index in [1.54, 1.807) is 42.5 Å². The highest BCUT2D eigenvalue weighted by Gasteiger charge is 2.20. The summed E-state index contributed by atoms with van der Waals surface area (Å²) in [6, 6.07) is 18.8. The second-order valence-corrected chi connectivity index (χ2v) is 7.28. The second-order valence-electron chi connectivity index (χ2n) is 7.28. The van der Waals surface area contributed by atoms with Crippen LogP contribution in [-0.2, 0) is 16.1 Å². The first-order valence-electron chi connectivity index (χ1n) is 10.0. The smallest absolute Gasteiger partial charge is 0.339 e. The van der Waals surface area contributed by atoms with Gasteiger partial charge in [0.25, 0.3) is 5.91 Å². The molecule has 1 aliphatic heterocycles. The van der Waals surface area contributed by atoms with E-state index in [1.807, 2.05) is 25.1 Å². The van der Waals surface area contributed by atoms with Gasteiger partial charge in [0, 0.05) is 17.7 Å². The number of rotatable bonds is 7. The van der Waals surface area contributed by atoms with E-state index in [-0.39, 0.29) is 30.2 Å². The Labute approximate surface area is 184 Å². The van der Waals surface area contributed by atoms with E-state index in [2.05, 4.69) is 5.32 Å². The molecule has 0 spiro atoms. The number of benzene rings is 3. The third-order valence-electron chi connectivity index (χ3n) is 4.97. The Bertz CT molecular complexity index is 1170. The van der Waals surface area contributed by atoms with Crippen LogP contribution >= 0.6 is 0 Å². The van der Waals surface area contributed by atoms with Crippen molar-refractivity contribution in [3.63, 3.8) is 0 Å². The van der Waals surface area contributed by atoms with Crippen LogP contribution in [0.4, 0.5) is 0 Å². The number of ketones is 1. The number of ether oxygens (including phenoxy) is 3. The van der Waals surface area contributed by atoms with Gasteiger partial charge in [0.05, 0.1) is 5.56 Å². The lowest BCUT2D eigenvalue weighted by atomic mass is 9.98. The average molecular weight is 431 g/mol. The monoisotopic (exact) mass is 431 g/mol. The maximum absolute atomic E-state index is 12.9. The minimum atomic E-state index is -0.737. The van der Waals surface area contributed by atoms with Crippen molar-refractivity contribution >= 4 is 17.7 Å². The first kappa shape index (κ1) is 21.1. The topological polar surface area (TPSA) is 90.9 Å². The normalized spacial score (nSPS) is 11.7. The highest BCUT2D eigenvalue weighted by molar-refractivity contribution is 6.14. The molecular weight excluding hydrogens is 410 g/mol. The Hall–Kier alpha value is -4.13. The lowest BCUT2D eigenvalue weighted by Gasteiger charge is -2.10. The number of carbonyl (C=O) groups is 3. The van der Waals surface area contributed by atoms with Crippen molar-refractivity contribution in [2.45, 2.75) is 13.5 Å². The number of carbonyl (C=O) groups excluding carboxylic acids is 3. The highest BCUT2D eigenvalue weighted by atomic mass is 16.7. The minimum Gasteiger partial charge on any atom is -0.454 e. The molecule has 7 nitrogen and oxygen atoms in total. The summed E-state index contributed by atoms with van der Waals surface area (Å²) in [6.45, 7) is 1.89. The summed E-state index contributed by atoms with van der Waals surface area (Å²) < 4.78 is 15.7. The Balaban J connectivity index is 1.35. The van der Waals surface area contributed by atoms with Crippen LogP contribution in [0.3, 0.4) is 0 Å². The zero-order valence-corrected chi connectivity index (χ0v) is 17.4. The van der Waals surface area contributed by atoms with Crippen LogP contribution in [0.1, 0.15) is 37.4 Å². The van der Waals surface area contributed by atoms with Gasteiger partial charge in [0.1, 0.15) is 0 Å². The fourth-order valence-electron chi connectivity index (χ4n) is 3.23. The van der Waals surface area contributed by atoms with Crippen molar-refractivity contribution in [3.8, 4) is 11.5 Å². The summed E-state index contributed by atoms with van der Waals surface area (Å²) in [7, 11) is 0. The zero-order valence-electron chi connectivity index (χ0n) is 17.4.